The Morgan fingerprint density at radius 2 is 1.91 bits per heavy atom. The van der Waals surface area contributed by atoms with Gasteiger partial charge < -0.3 is 15.0 Å². The Morgan fingerprint density at radius 1 is 1.12 bits per heavy atom. The predicted molar refractivity (Wildman–Crippen MR) is 120 cm³/mol. The maximum atomic E-state index is 13.0. The Morgan fingerprint density at radius 3 is 2.66 bits per heavy atom. The number of fused-ring (bicyclic) bond motifs is 1. The summed E-state index contributed by atoms with van der Waals surface area (Å²) in [5.41, 5.74) is 2.79. The summed E-state index contributed by atoms with van der Waals surface area (Å²) in [7, 11) is 0. The molecule has 2 aliphatic heterocycles. The molecule has 0 radical (unpaired) electrons. The van der Waals surface area contributed by atoms with Crippen molar-refractivity contribution in [2.24, 2.45) is 0 Å². The summed E-state index contributed by atoms with van der Waals surface area (Å²) in [6.07, 6.45) is 0.459. The van der Waals surface area contributed by atoms with Crippen molar-refractivity contribution in [3.05, 3.63) is 41.4 Å². The van der Waals surface area contributed by atoms with E-state index in [2.05, 4.69) is 25.5 Å². The zero-order valence-corrected chi connectivity index (χ0v) is 18.0. The molecule has 32 heavy (non-hydrogen) atoms. The second-order valence-electron chi connectivity index (χ2n) is 7.65. The van der Waals surface area contributed by atoms with Gasteiger partial charge in [-0.1, -0.05) is 0 Å². The monoisotopic (exact) mass is 451 g/mol. The minimum absolute atomic E-state index is 0.190. The van der Waals surface area contributed by atoms with Crippen molar-refractivity contribution in [3.8, 4) is 11.4 Å². The number of amides is 3. The molecule has 0 bridgehead atoms. The summed E-state index contributed by atoms with van der Waals surface area (Å²) in [6.45, 7) is 3.12. The number of aromatic nitrogens is 2. The van der Waals surface area contributed by atoms with Crippen LogP contribution in [0.4, 0.5) is 5.69 Å². The number of rotatable bonds is 4. The summed E-state index contributed by atoms with van der Waals surface area (Å²) in [5.74, 6) is -0.839. The summed E-state index contributed by atoms with van der Waals surface area (Å²) in [5, 5.41) is 6.82. The molecule has 4 heterocycles. The maximum Gasteiger partial charge on any atom is 0.272 e. The van der Waals surface area contributed by atoms with Crippen LogP contribution in [0.1, 0.15) is 23.3 Å². The first-order valence-corrected chi connectivity index (χ1v) is 11.3. The lowest BCUT2D eigenvalue weighted by molar-refractivity contribution is -0.134. The van der Waals surface area contributed by atoms with Crippen LogP contribution < -0.4 is 15.5 Å². The van der Waals surface area contributed by atoms with Crippen molar-refractivity contribution in [1.29, 1.82) is 0 Å². The molecule has 1 atom stereocenters. The van der Waals surface area contributed by atoms with Crippen LogP contribution in [0.15, 0.2) is 35.7 Å². The minimum Gasteiger partial charge on any atom is -0.378 e. The molecule has 0 aliphatic carbocycles. The highest BCUT2D eigenvalue weighted by Gasteiger charge is 2.29. The maximum absolute atomic E-state index is 13.0. The van der Waals surface area contributed by atoms with Gasteiger partial charge in [-0.2, -0.15) is 0 Å². The second kappa shape index (κ2) is 8.64. The highest BCUT2D eigenvalue weighted by molar-refractivity contribution is 7.17. The first kappa shape index (κ1) is 20.5. The van der Waals surface area contributed by atoms with Crippen molar-refractivity contribution in [2.45, 2.75) is 18.9 Å². The largest absolute Gasteiger partial charge is 0.378 e. The van der Waals surface area contributed by atoms with Gasteiger partial charge >= 0.3 is 0 Å². The number of hydrogen-bond donors (Lipinski definition) is 2. The van der Waals surface area contributed by atoms with Gasteiger partial charge in [-0.3, -0.25) is 19.7 Å². The number of ether oxygens (including phenoxy) is 1. The van der Waals surface area contributed by atoms with E-state index in [1.54, 1.807) is 0 Å². The van der Waals surface area contributed by atoms with E-state index in [9.17, 15) is 14.4 Å². The molecule has 3 aromatic rings. The summed E-state index contributed by atoms with van der Waals surface area (Å²) in [4.78, 5) is 47.9. The van der Waals surface area contributed by atoms with Crippen LogP contribution in [0.5, 0.6) is 0 Å². The first-order chi connectivity index (χ1) is 15.6. The second-order valence-corrected chi connectivity index (χ2v) is 8.57. The smallest absolute Gasteiger partial charge is 0.272 e. The lowest BCUT2D eigenvalue weighted by atomic mass is 10.1. The van der Waals surface area contributed by atoms with E-state index >= 15 is 0 Å². The number of thiophene rings is 1. The third-order valence-electron chi connectivity index (χ3n) is 5.56. The van der Waals surface area contributed by atoms with Gasteiger partial charge in [0.1, 0.15) is 11.7 Å². The summed E-state index contributed by atoms with van der Waals surface area (Å²) < 4.78 is 6.07. The van der Waals surface area contributed by atoms with Crippen molar-refractivity contribution in [3.63, 3.8) is 0 Å². The van der Waals surface area contributed by atoms with E-state index < -0.39 is 17.9 Å². The standard InChI is InChI=1S/C22H21N5O4S/c28-17-6-5-16(21(29)25-17)24-22(30)18-19-15(7-12-32-19)23-20(26-18)13-1-3-14(4-2-13)27-8-10-31-11-9-27/h1-4,7,12,16H,5-6,8-11H2,(H,24,30)(H,25,28,29). The van der Waals surface area contributed by atoms with Crippen LogP contribution in [0.2, 0.25) is 0 Å². The summed E-state index contributed by atoms with van der Waals surface area (Å²) >= 11 is 1.37. The van der Waals surface area contributed by atoms with Gasteiger partial charge in [0.2, 0.25) is 11.8 Å². The minimum atomic E-state index is -0.763. The fraction of sp³-hybridized carbons (Fsp3) is 0.318. The van der Waals surface area contributed by atoms with Gasteiger partial charge in [0.15, 0.2) is 5.82 Å². The van der Waals surface area contributed by atoms with Crippen molar-refractivity contribution >= 4 is 45.0 Å². The number of nitrogens with one attached hydrogen (secondary N) is 2. The molecule has 0 spiro atoms. The van der Waals surface area contributed by atoms with Crippen LogP contribution in [0, 0.1) is 0 Å². The van der Waals surface area contributed by atoms with Crippen molar-refractivity contribution in [2.75, 3.05) is 31.2 Å². The van der Waals surface area contributed by atoms with Crippen LogP contribution in [-0.2, 0) is 14.3 Å². The molecule has 0 saturated carbocycles. The highest BCUT2D eigenvalue weighted by Crippen LogP contribution is 2.27. The van der Waals surface area contributed by atoms with Gasteiger partial charge in [0.25, 0.3) is 5.91 Å². The molecule has 9 nitrogen and oxygen atoms in total. The molecule has 1 unspecified atom stereocenters. The Balaban J connectivity index is 1.42. The summed E-state index contributed by atoms with van der Waals surface area (Å²) in [6, 6.07) is 9.01. The molecule has 164 valence electrons. The Labute approximate surface area is 187 Å². The van der Waals surface area contributed by atoms with Gasteiger partial charge in [-0.05, 0) is 42.1 Å². The fourth-order valence-electron chi connectivity index (χ4n) is 3.85. The number of benzene rings is 1. The van der Waals surface area contributed by atoms with E-state index in [1.807, 2.05) is 35.7 Å². The molecule has 3 amide bonds. The number of imide groups is 1. The zero-order valence-electron chi connectivity index (χ0n) is 17.2. The molecular weight excluding hydrogens is 430 g/mol. The highest BCUT2D eigenvalue weighted by atomic mass is 32.1. The number of piperidine rings is 1. The molecule has 2 N–H and O–H groups in total. The van der Waals surface area contributed by atoms with Gasteiger partial charge in [-0.25, -0.2) is 9.97 Å². The van der Waals surface area contributed by atoms with Crippen molar-refractivity contribution < 1.29 is 19.1 Å². The van der Waals surface area contributed by atoms with Crippen LogP contribution in [-0.4, -0.2) is 60.0 Å². The first-order valence-electron chi connectivity index (χ1n) is 10.4. The number of nitrogens with zero attached hydrogens (tertiary/aromatic N) is 3. The molecule has 5 rings (SSSR count). The zero-order chi connectivity index (χ0) is 22.1. The molecule has 1 aromatic carbocycles. The molecule has 2 aromatic heterocycles. The predicted octanol–water partition coefficient (Wildman–Crippen LogP) is 1.73. The fourth-order valence-corrected chi connectivity index (χ4v) is 4.66. The van der Waals surface area contributed by atoms with Crippen LogP contribution in [0.25, 0.3) is 21.6 Å². The Hall–Kier alpha value is -3.37. The van der Waals surface area contributed by atoms with E-state index in [4.69, 9.17) is 4.74 Å². The number of carbonyl (C=O) groups is 3. The SMILES string of the molecule is O=C1CCC(NC(=O)c2nc(-c3ccc(N4CCOCC4)cc3)nc3ccsc23)C(=O)N1. The topological polar surface area (TPSA) is 114 Å². The number of anilines is 1. The van der Waals surface area contributed by atoms with E-state index in [0.717, 1.165) is 24.3 Å². The molecule has 10 heteroatoms. The van der Waals surface area contributed by atoms with E-state index in [-0.39, 0.29) is 24.4 Å². The number of morpholine rings is 1. The lowest BCUT2D eigenvalue weighted by Crippen LogP contribution is -2.52. The third kappa shape index (κ3) is 4.06. The average molecular weight is 452 g/mol. The number of carbonyl (C=O) groups excluding carboxylic acids is 3. The van der Waals surface area contributed by atoms with Crippen molar-refractivity contribution in [1.82, 2.24) is 20.6 Å². The normalized spacial score (nSPS) is 19.1. The Kier molecular flexibility index (Phi) is 5.54. The van der Waals surface area contributed by atoms with Gasteiger partial charge in [0, 0.05) is 30.8 Å². The van der Waals surface area contributed by atoms with E-state index in [0.29, 0.717) is 29.3 Å². The molecule has 2 fully saturated rings. The third-order valence-corrected chi connectivity index (χ3v) is 6.48. The molecule has 2 aliphatic rings. The average Bonchev–Trinajstić information content (AvgIpc) is 3.30. The molecule has 2 saturated heterocycles. The van der Waals surface area contributed by atoms with Crippen LogP contribution >= 0.6 is 11.3 Å². The van der Waals surface area contributed by atoms with Gasteiger partial charge in [-0.15, -0.1) is 11.3 Å². The van der Waals surface area contributed by atoms with Crippen LogP contribution in [0.3, 0.4) is 0 Å². The lowest BCUT2D eigenvalue weighted by Gasteiger charge is -2.28. The van der Waals surface area contributed by atoms with E-state index in [1.165, 1.54) is 11.3 Å². The Bertz CT molecular complexity index is 1190. The quantitative estimate of drug-likeness (QED) is 0.581. The van der Waals surface area contributed by atoms with Gasteiger partial charge in [0.05, 0.1) is 23.4 Å². The number of hydrogen-bond acceptors (Lipinski definition) is 8. The molecular formula is C22H21N5O4S.